The summed E-state index contributed by atoms with van der Waals surface area (Å²) < 4.78 is 10.1. The summed E-state index contributed by atoms with van der Waals surface area (Å²) in [5.41, 5.74) is 6.39. The van der Waals surface area contributed by atoms with Gasteiger partial charge < -0.3 is 9.84 Å². The van der Waals surface area contributed by atoms with Gasteiger partial charge in [0.1, 0.15) is 0 Å². The molecule has 1 aliphatic heterocycles. The number of carbonyl (C=O) groups excluding carboxylic acids is 1. The topological polar surface area (TPSA) is 122 Å². The van der Waals surface area contributed by atoms with Crippen molar-refractivity contribution < 1.29 is 19.4 Å². The molecule has 286 valence electrons. The van der Waals surface area contributed by atoms with Crippen LogP contribution in [0.15, 0.2) is 60.8 Å². The number of rotatable bonds is 7. The molecule has 2 aromatic carbocycles. The average Bonchev–Trinajstić information content (AvgIpc) is 3.66. The maximum absolute atomic E-state index is 13.6. The number of aryl methyl sites for hydroxylation is 1. The molecule has 5 aromatic rings. The smallest absolute Gasteiger partial charge is 0.355 e. The Morgan fingerprint density at radius 3 is 2.44 bits per heavy atom. The van der Waals surface area contributed by atoms with E-state index in [2.05, 4.69) is 49.6 Å². The van der Waals surface area contributed by atoms with Crippen molar-refractivity contribution in [2.24, 2.45) is 16.2 Å². The molecule has 2 atom stereocenters. The summed E-state index contributed by atoms with van der Waals surface area (Å²) in [4.78, 5) is 37.5. The molecule has 4 aliphatic carbocycles. The van der Waals surface area contributed by atoms with Crippen molar-refractivity contribution in [3.8, 4) is 22.4 Å². The zero-order valence-electron chi connectivity index (χ0n) is 32.7. The van der Waals surface area contributed by atoms with Crippen molar-refractivity contribution in [3.05, 3.63) is 77.7 Å². The standard InChI is InChI=1S/C44H50N6O4S/c1-27-31(19-45-50(27)26-43-21-41(5)20-42(6,22-43)24-44(23-41,25-43)54-40(2,3)4)30-15-16-32(46-36(30)37(51)52)29-14-13-28-10-9-17-49(34(28)18-29)39(53)48-38-47-33-11-7-8-12-35(33)55-38/h7-8,11-16,18-19H,9-10,17,20-26H2,1-6H3,(H,51,52)(H,47,48,53). The van der Waals surface area contributed by atoms with Crippen LogP contribution in [0.5, 0.6) is 0 Å². The summed E-state index contributed by atoms with van der Waals surface area (Å²) in [6, 6.07) is 17.2. The third-order valence-corrected chi connectivity index (χ3v) is 13.4. The Morgan fingerprint density at radius 1 is 0.945 bits per heavy atom. The first kappa shape index (κ1) is 36.1. The minimum absolute atomic E-state index is 0.0179. The van der Waals surface area contributed by atoms with Gasteiger partial charge in [0.2, 0.25) is 0 Å². The van der Waals surface area contributed by atoms with Crippen LogP contribution in [-0.4, -0.2) is 54.6 Å². The fourth-order valence-corrected chi connectivity index (χ4v) is 12.8. The average molecular weight is 759 g/mol. The van der Waals surface area contributed by atoms with Gasteiger partial charge in [-0.3, -0.25) is 14.9 Å². The number of nitrogens with zero attached hydrogens (tertiary/aromatic N) is 5. The van der Waals surface area contributed by atoms with Crippen LogP contribution >= 0.6 is 11.3 Å². The van der Waals surface area contributed by atoms with Crippen molar-refractivity contribution in [2.45, 2.75) is 111 Å². The highest BCUT2D eigenvalue weighted by Gasteiger charge is 2.66. The van der Waals surface area contributed by atoms with E-state index in [4.69, 9.17) is 14.8 Å². The number of carboxylic acids is 1. The molecular weight excluding hydrogens is 709 g/mol. The zero-order chi connectivity index (χ0) is 38.5. The van der Waals surface area contributed by atoms with E-state index < -0.39 is 5.97 Å². The quantitative estimate of drug-likeness (QED) is 0.169. The van der Waals surface area contributed by atoms with Crippen molar-refractivity contribution in [3.63, 3.8) is 0 Å². The molecule has 5 aliphatic rings. The van der Waals surface area contributed by atoms with Crippen molar-refractivity contribution in [2.75, 3.05) is 16.8 Å². The lowest BCUT2D eigenvalue weighted by Gasteiger charge is -2.70. The Morgan fingerprint density at radius 2 is 1.71 bits per heavy atom. The van der Waals surface area contributed by atoms with Gasteiger partial charge in [0.15, 0.2) is 10.8 Å². The van der Waals surface area contributed by atoms with E-state index in [-0.39, 0.29) is 39.2 Å². The molecule has 10 rings (SSSR count). The molecule has 2 amide bonds. The molecule has 4 fully saturated rings. The number of ether oxygens (including phenoxy) is 1. The molecule has 55 heavy (non-hydrogen) atoms. The van der Waals surface area contributed by atoms with E-state index >= 15 is 0 Å². The number of hydrogen-bond donors (Lipinski definition) is 2. The highest BCUT2D eigenvalue weighted by molar-refractivity contribution is 7.22. The second-order valence-electron chi connectivity index (χ2n) is 18.8. The predicted molar refractivity (Wildman–Crippen MR) is 217 cm³/mol. The summed E-state index contributed by atoms with van der Waals surface area (Å²) in [6.07, 6.45) is 10.3. The number of aromatic carboxylic acids is 1. The number of aromatic nitrogens is 4. The van der Waals surface area contributed by atoms with E-state index in [1.807, 2.05) is 67.7 Å². The molecule has 2 N–H and O–H groups in total. The zero-order valence-corrected chi connectivity index (χ0v) is 33.5. The number of thiazole rings is 1. The molecule has 3 aromatic heterocycles. The number of anilines is 2. The van der Waals surface area contributed by atoms with E-state index in [0.29, 0.717) is 22.9 Å². The predicted octanol–water partition coefficient (Wildman–Crippen LogP) is 10.1. The van der Waals surface area contributed by atoms with Crippen molar-refractivity contribution >= 4 is 44.4 Å². The number of carbonyl (C=O) groups is 2. The summed E-state index contributed by atoms with van der Waals surface area (Å²) in [5, 5.41) is 19.0. The van der Waals surface area contributed by atoms with E-state index in [1.54, 1.807) is 4.90 Å². The number of urea groups is 1. The van der Waals surface area contributed by atoms with Crippen LogP contribution in [-0.2, 0) is 17.7 Å². The minimum atomic E-state index is -1.10. The lowest BCUT2D eigenvalue weighted by Crippen LogP contribution is -2.65. The molecule has 0 radical (unpaired) electrons. The van der Waals surface area contributed by atoms with Crippen LogP contribution in [0.4, 0.5) is 15.6 Å². The SMILES string of the molecule is Cc1c(-c2ccc(-c3ccc4c(c3)N(C(=O)Nc3nc5ccccc5s3)CCC4)nc2C(=O)O)cnn1CC12CC3(C)CC(C)(C1)CC(OC(C)(C)C)(C3)C2. The Kier molecular flexibility index (Phi) is 8.16. The Hall–Kier alpha value is -4.61. The molecule has 11 heteroatoms. The highest BCUT2D eigenvalue weighted by atomic mass is 32.1. The van der Waals surface area contributed by atoms with Crippen LogP contribution in [0.25, 0.3) is 32.6 Å². The molecule has 10 nitrogen and oxygen atoms in total. The van der Waals surface area contributed by atoms with Gasteiger partial charge in [-0.15, -0.1) is 0 Å². The largest absolute Gasteiger partial charge is 0.476 e. The lowest BCUT2D eigenvalue weighted by atomic mass is 9.39. The normalized spacial score (nSPS) is 27.1. The van der Waals surface area contributed by atoms with Crippen molar-refractivity contribution in [1.82, 2.24) is 19.7 Å². The first-order valence-electron chi connectivity index (χ1n) is 19.6. The maximum Gasteiger partial charge on any atom is 0.355 e. The third-order valence-electron chi connectivity index (χ3n) is 12.4. The number of carboxylic acid groups (broad SMARTS) is 1. The summed E-state index contributed by atoms with van der Waals surface area (Å²) in [5.74, 6) is -1.10. The minimum Gasteiger partial charge on any atom is -0.476 e. The van der Waals surface area contributed by atoms with Crippen LogP contribution in [0.2, 0.25) is 0 Å². The number of nitrogens with one attached hydrogen (secondary N) is 1. The van der Waals surface area contributed by atoms with Gasteiger partial charge in [0, 0.05) is 41.2 Å². The van der Waals surface area contributed by atoms with E-state index in [9.17, 15) is 14.7 Å². The molecule has 4 saturated carbocycles. The van der Waals surface area contributed by atoms with Crippen LogP contribution in [0, 0.1) is 23.2 Å². The highest BCUT2D eigenvalue weighted by Crippen LogP contribution is 2.72. The Labute approximate surface area is 326 Å². The number of fused-ring (bicyclic) bond motifs is 2. The first-order valence-corrected chi connectivity index (χ1v) is 20.4. The molecule has 0 spiro atoms. The summed E-state index contributed by atoms with van der Waals surface area (Å²) in [6.45, 7) is 14.9. The number of benzene rings is 2. The van der Waals surface area contributed by atoms with Crippen LogP contribution in [0.3, 0.4) is 0 Å². The first-order chi connectivity index (χ1) is 26.0. The molecule has 2 unspecified atom stereocenters. The van der Waals surface area contributed by atoms with Crippen LogP contribution in [0.1, 0.15) is 101 Å². The van der Waals surface area contributed by atoms with Crippen molar-refractivity contribution in [1.29, 1.82) is 0 Å². The third kappa shape index (κ3) is 6.52. The number of pyridine rings is 1. The monoisotopic (exact) mass is 758 g/mol. The van der Waals surface area contributed by atoms with Gasteiger partial charge in [-0.05, 0) is 131 Å². The summed E-state index contributed by atoms with van der Waals surface area (Å²) in [7, 11) is 0. The lowest BCUT2D eigenvalue weighted by molar-refractivity contribution is -0.275. The summed E-state index contributed by atoms with van der Waals surface area (Å²) >= 11 is 1.45. The van der Waals surface area contributed by atoms with Gasteiger partial charge in [-0.2, -0.15) is 5.10 Å². The fraction of sp³-hybridized carbons (Fsp3) is 0.477. The molecule has 4 heterocycles. The fourth-order valence-electron chi connectivity index (χ4n) is 12.0. The van der Waals surface area contributed by atoms with Gasteiger partial charge in [-0.1, -0.05) is 49.4 Å². The molecule has 4 bridgehead atoms. The number of para-hydroxylation sites is 1. The molecular formula is C44H50N6O4S. The second kappa shape index (κ2) is 12.4. The number of hydrogen-bond acceptors (Lipinski definition) is 7. The van der Waals surface area contributed by atoms with Gasteiger partial charge in [0.25, 0.3) is 0 Å². The Bertz CT molecular complexity index is 2320. The maximum atomic E-state index is 13.6. The van der Waals surface area contributed by atoms with Gasteiger partial charge in [0.05, 0.1) is 33.3 Å². The Balaban J connectivity index is 0.995. The van der Waals surface area contributed by atoms with Gasteiger partial charge >= 0.3 is 12.0 Å². The van der Waals surface area contributed by atoms with E-state index in [1.165, 1.54) is 17.8 Å². The second-order valence-corrected chi connectivity index (χ2v) is 19.8. The molecule has 0 saturated heterocycles. The van der Waals surface area contributed by atoms with Gasteiger partial charge in [-0.25, -0.2) is 19.6 Å². The van der Waals surface area contributed by atoms with E-state index in [0.717, 1.165) is 89.8 Å². The van der Waals surface area contributed by atoms with Crippen LogP contribution < -0.4 is 10.2 Å². The number of amides is 2.